The van der Waals surface area contributed by atoms with Crippen LogP contribution < -0.4 is 4.90 Å². The lowest BCUT2D eigenvalue weighted by Crippen LogP contribution is -2.43. The zero-order valence-corrected chi connectivity index (χ0v) is 18.5. The molecule has 2 aromatic carbocycles. The molecule has 11 heteroatoms. The fourth-order valence-electron chi connectivity index (χ4n) is 3.82. The van der Waals surface area contributed by atoms with E-state index in [0.717, 1.165) is 28.4 Å². The molecule has 172 valence electrons. The number of rotatable bonds is 7. The number of nitrogens with zero attached hydrogens (tertiary/aromatic N) is 5. The number of amides is 3. The lowest BCUT2D eigenvalue weighted by Gasteiger charge is -2.22. The van der Waals surface area contributed by atoms with Crippen molar-refractivity contribution in [2.24, 2.45) is 0 Å². The van der Waals surface area contributed by atoms with Gasteiger partial charge in [0.2, 0.25) is 5.91 Å². The first-order valence-electron chi connectivity index (χ1n) is 10.4. The van der Waals surface area contributed by atoms with Crippen molar-refractivity contribution in [3.63, 3.8) is 0 Å². The van der Waals surface area contributed by atoms with Crippen LogP contribution >= 0.6 is 11.3 Å². The van der Waals surface area contributed by atoms with Crippen LogP contribution in [0.1, 0.15) is 27.1 Å². The highest BCUT2D eigenvalue weighted by atomic mass is 32.1. The average Bonchev–Trinajstić information content (AvgIpc) is 3.53. The molecule has 34 heavy (non-hydrogen) atoms. The van der Waals surface area contributed by atoms with E-state index in [0.29, 0.717) is 13.0 Å². The van der Waals surface area contributed by atoms with E-state index < -0.39 is 35.9 Å². The minimum absolute atomic E-state index is 0.0467. The van der Waals surface area contributed by atoms with Crippen LogP contribution in [0.3, 0.4) is 0 Å². The normalized spacial score (nSPS) is 13.1. The molecule has 0 saturated heterocycles. The van der Waals surface area contributed by atoms with E-state index >= 15 is 0 Å². The first-order chi connectivity index (χ1) is 16.4. The van der Waals surface area contributed by atoms with Gasteiger partial charge in [-0.3, -0.25) is 24.2 Å². The lowest BCUT2D eigenvalue weighted by atomic mass is 10.1. The third-order valence-electron chi connectivity index (χ3n) is 5.46. The van der Waals surface area contributed by atoms with E-state index in [1.807, 2.05) is 4.57 Å². The molecule has 0 unspecified atom stereocenters. The van der Waals surface area contributed by atoms with E-state index in [1.54, 1.807) is 30.9 Å². The van der Waals surface area contributed by atoms with Crippen molar-refractivity contribution < 1.29 is 23.2 Å². The monoisotopic (exact) mass is 481 g/mol. The number of carbonyl (C=O) groups is 3. The van der Waals surface area contributed by atoms with E-state index in [1.165, 1.54) is 17.0 Å². The Morgan fingerprint density at radius 2 is 1.82 bits per heavy atom. The summed E-state index contributed by atoms with van der Waals surface area (Å²) in [7, 11) is 0. The molecule has 0 atom stereocenters. The molecule has 8 nitrogen and oxygen atoms in total. The third kappa shape index (κ3) is 3.94. The van der Waals surface area contributed by atoms with Gasteiger partial charge < -0.3 is 4.57 Å². The van der Waals surface area contributed by atoms with Crippen LogP contribution in [0.5, 0.6) is 0 Å². The van der Waals surface area contributed by atoms with Crippen LogP contribution in [0.25, 0.3) is 10.2 Å². The van der Waals surface area contributed by atoms with E-state index in [-0.39, 0.29) is 33.0 Å². The SMILES string of the molecule is O=C1c2ccccc2C(=O)N1CC(=O)N(CCCn1ccnc1)c1nc2c(F)cc(F)cc2s1. The fraction of sp³-hybridized carbons (Fsp3) is 0.174. The van der Waals surface area contributed by atoms with Crippen LogP contribution in [-0.4, -0.2) is 50.2 Å². The number of halogens is 2. The van der Waals surface area contributed by atoms with Gasteiger partial charge in [0.05, 0.1) is 22.2 Å². The average molecular weight is 481 g/mol. The maximum absolute atomic E-state index is 14.2. The number of benzene rings is 2. The summed E-state index contributed by atoms with van der Waals surface area (Å²) in [4.78, 5) is 49.1. The van der Waals surface area contributed by atoms with Gasteiger partial charge in [-0.05, 0) is 24.6 Å². The van der Waals surface area contributed by atoms with Crippen LogP contribution in [0, 0.1) is 11.6 Å². The van der Waals surface area contributed by atoms with Gasteiger partial charge in [-0.2, -0.15) is 0 Å². The fourth-order valence-corrected chi connectivity index (χ4v) is 4.87. The third-order valence-corrected chi connectivity index (χ3v) is 6.49. The highest BCUT2D eigenvalue weighted by Crippen LogP contribution is 2.32. The van der Waals surface area contributed by atoms with Crippen molar-refractivity contribution in [1.82, 2.24) is 19.4 Å². The highest BCUT2D eigenvalue weighted by molar-refractivity contribution is 7.22. The van der Waals surface area contributed by atoms with E-state index in [4.69, 9.17) is 0 Å². The molecule has 4 aromatic rings. The van der Waals surface area contributed by atoms with Crippen molar-refractivity contribution in [2.75, 3.05) is 18.0 Å². The number of aromatic nitrogens is 3. The first-order valence-corrected chi connectivity index (χ1v) is 11.2. The summed E-state index contributed by atoms with van der Waals surface area (Å²) >= 11 is 0.963. The molecule has 3 heterocycles. The Balaban J connectivity index is 1.42. The number of imidazole rings is 1. The van der Waals surface area contributed by atoms with Crippen molar-refractivity contribution in [2.45, 2.75) is 13.0 Å². The van der Waals surface area contributed by atoms with Gasteiger partial charge in [-0.1, -0.05) is 23.5 Å². The standard InChI is InChI=1S/C23H17F2N5O3S/c24-14-10-17(25)20-18(11-14)34-23(27-20)29(8-3-7-28-9-6-26-13-28)19(31)12-30-21(32)15-4-1-2-5-16(15)22(30)33/h1-2,4-6,9-11,13H,3,7-8,12H2. The molecule has 0 spiro atoms. The van der Waals surface area contributed by atoms with Gasteiger partial charge in [0.1, 0.15) is 17.9 Å². The quantitative estimate of drug-likeness (QED) is 0.377. The molecular formula is C23H17F2N5O3S. The molecule has 1 aliphatic heterocycles. The van der Waals surface area contributed by atoms with Crippen LogP contribution in [-0.2, 0) is 11.3 Å². The number of hydrogen-bond donors (Lipinski definition) is 0. The molecule has 1 aliphatic rings. The number of fused-ring (bicyclic) bond motifs is 2. The number of anilines is 1. The molecule has 0 radical (unpaired) electrons. The first kappa shape index (κ1) is 21.8. The minimum Gasteiger partial charge on any atom is -0.337 e. The van der Waals surface area contributed by atoms with Crippen LogP contribution in [0.15, 0.2) is 55.1 Å². The van der Waals surface area contributed by atoms with Gasteiger partial charge in [-0.25, -0.2) is 18.7 Å². The molecule has 2 aromatic heterocycles. The Kier molecular flexibility index (Phi) is 5.62. The van der Waals surface area contributed by atoms with Crippen LogP contribution in [0.4, 0.5) is 13.9 Å². The Morgan fingerprint density at radius 3 is 2.50 bits per heavy atom. The number of carbonyl (C=O) groups excluding carboxylic acids is 3. The number of aryl methyl sites for hydroxylation is 1. The zero-order valence-electron chi connectivity index (χ0n) is 17.6. The van der Waals surface area contributed by atoms with E-state index in [2.05, 4.69) is 9.97 Å². The maximum Gasteiger partial charge on any atom is 0.262 e. The zero-order chi connectivity index (χ0) is 23.8. The molecular weight excluding hydrogens is 464 g/mol. The van der Waals surface area contributed by atoms with E-state index in [9.17, 15) is 23.2 Å². The van der Waals surface area contributed by atoms with Crippen molar-refractivity contribution in [3.05, 3.63) is 77.9 Å². The summed E-state index contributed by atoms with van der Waals surface area (Å²) < 4.78 is 30.0. The topological polar surface area (TPSA) is 88.4 Å². The van der Waals surface area contributed by atoms with Crippen LogP contribution in [0.2, 0.25) is 0 Å². The Morgan fingerprint density at radius 1 is 1.09 bits per heavy atom. The molecule has 0 saturated carbocycles. The van der Waals surface area contributed by atoms with Gasteiger partial charge >= 0.3 is 0 Å². The lowest BCUT2D eigenvalue weighted by molar-refractivity contribution is -0.119. The van der Waals surface area contributed by atoms with Crippen molar-refractivity contribution >= 4 is 44.4 Å². The second-order valence-electron chi connectivity index (χ2n) is 7.67. The number of hydrogen-bond acceptors (Lipinski definition) is 6. The summed E-state index contributed by atoms with van der Waals surface area (Å²) in [5.41, 5.74) is 0.434. The van der Waals surface area contributed by atoms with Crippen molar-refractivity contribution in [3.8, 4) is 0 Å². The summed E-state index contributed by atoms with van der Waals surface area (Å²) in [5.74, 6) is -3.23. The minimum atomic E-state index is -0.830. The predicted molar refractivity (Wildman–Crippen MR) is 121 cm³/mol. The second kappa shape index (κ2) is 8.75. The molecule has 0 N–H and O–H groups in total. The number of thiazole rings is 1. The number of imide groups is 1. The maximum atomic E-state index is 14.2. The van der Waals surface area contributed by atoms with Gasteiger partial charge in [-0.15, -0.1) is 0 Å². The van der Waals surface area contributed by atoms with Gasteiger partial charge in [0.15, 0.2) is 10.9 Å². The summed E-state index contributed by atoms with van der Waals surface area (Å²) in [6.07, 6.45) is 5.55. The van der Waals surface area contributed by atoms with Gasteiger partial charge in [0, 0.05) is 31.5 Å². The second-order valence-corrected chi connectivity index (χ2v) is 8.68. The molecule has 0 bridgehead atoms. The van der Waals surface area contributed by atoms with Crippen molar-refractivity contribution in [1.29, 1.82) is 0 Å². The predicted octanol–water partition coefficient (Wildman–Crippen LogP) is 3.49. The summed E-state index contributed by atoms with van der Waals surface area (Å²) in [5, 5.41) is 0.159. The Labute approximate surface area is 196 Å². The smallest absolute Gasteiger partial charge is 0.262 e. The molecule has 5 rings (SSSR count). The summed E-state index contributed by atoms with van der Waals surface area (Å²) in [6, 6.07) is 8.24. The summed E-state index contributed by atoms with van der Waals surface area (Å²) in [6.45, 7) is 0.235. The molecule has 3 amide bonds. The largest absolute Gasteiger partial charge is 0.337 e. The molecule has 0 fully saturated rings. The Bertz CT molecular complexity index is 1380. The molecule has 0 aliphatic carbocycles. The van der Waals surface area contributed by atoms with Gasteiger partial charge in [0.25, 0.3) is 11.8 Å². The Hall–Kier alpha value is -3.99. The highest BCUT2D eigenvalue weighted by Gasteiger charge is 2.37.